The van der Waals surface area contributed by atoms with Crippen molar-refractivity contribution in [2.45, 2.75) is 32.1 Å². The van der Waals surface area contributed by atoms with E-state index in [1.807, 2.05) is 31.3 Å². The normalized spacial score (nSPS) is 20.6. The molecule has 11 heteroatoms. The quantitative estimate of drug-likeness (QED) is 0.231. The van der Waals surface area contributed by atoms with Gasteiger partial charge in [0.05, 0.1) is 35.2 Å². The molecule has 1 N–H and O–H groups in total. The van der Waals surface area contributed by atoms with Gasteiger partial charge in [0.15, 0.2) is 12.2 Å². The number of esters is 1. The summed E-state index contributed by atoms with van der Waals surface area (Å²) in [5.74, 6) is -0.877. The van der Waals surface area contributed by atoms with Crippen molar-refractivity contribution in [1.29, 1.82) is 0 Å². The molecular formula is C28H29N5O6. The van der Waals surface area contributed by atoms with E-state index in [0.717, 1.165) is 29.6 Å². The second-order valence-corrected chi connectivity index (χ2v) is 10.2. The molecule has 3 aromatic rings. The lowest BCUT2D eigenvalue weighted by Gasteiger charge is -2.32. The third-order valence-electron chi connectivity index (χ3n) is 7.94. The van der Waals surface area contributed by atoms with Crippen LogP contribution in [-0.2, 0) is 37.9 Å². The maximum Gasteiger partial charge on any atom is 0.343 e. The Morgan fingerprint density at radius 2 is 1.97 bits per heavy atom. The summed E-state index contributed by atoms with van der Waals surface area (Å²) < 4.78 is 6.74. The maximum atomic E-state index is 13.5. The molecule has 0 radical (unpaired) electrons. The monoisotopic (exact) mass is 531 g/mol. The Kier molecular flexibility index (Phi) is 6.19. The molecule has 2 aromatic heterocycles. The van der Waals surface area contributed by atoms with Crippen molar-refractivity contribution in [2.75, 3.05) is 39.8 Å². The topological polar surface area (TPSA) is 127 Å². The lowest BCUT2D eigenvalue weighted by atomic mass is 9.86. The molecule has 39 heavy (non-hydrogen) atoms. The van der Waals surface area contributed by atoms with E-state index in [-0.39, 0.29) is 48.8 Å². The second kappa shape index (κ2) is 9.58. The SMILES string of the molecule is CC[C@@]1(O)C(=O)OCc2c1cc1n(c2=O)Cc2c-1nc1ccccc1c2/C=N/OCC(=O)N1CCN(C)CC1. The number of benzene rings is 1. The van der Waals surface area contributed by atoms with Crippen LogP contribution in [0.15, 0.2) is 40.3 Å². The first kappa shape index (κ1) is 25.2. The first-order chi connectivity index (χ1) is 18.8. The van der Waals surface area contributed by atoms with Gasteiger partial charge in [-0.2, -0.15) is 0 Å². The highest BCUT2D eigenvalue weighted by atomic mass is 16.6. The van der Waals surface area contributed by atoms with Gasteiger partial charge in [-0.15, -0.1) is 0 Å². The number of amides is 1. The number of pyridine rings is 2. The Hall–Kier alpha value is -4.09. The van der Waals surface area contributed by atoms with Gasteiger partial charge in [0.2, 0.25) is 0 Å². The highest BCUT2D eigenvalue weighted by Gasteiger charge is 2.45. The zero-order chi connectivity index (χ0) is 27.3. The van der Waals surface area contributed by atoms with Gasteiger partial charge in [-0.3, -0.25) is 9.59 Å². The minimum atomic E-state index is -1.89. The number of hydrogen-bond donors (Lipinski definition) is 1. The molecule has 0 unspecified atom stereocenters. The number of fused-ring (bicyclic) bond motifs is 5. The summed E-state index contributed by atoms with van der Waals surface area (Å²) in [6.07, 6.45) is 1.63. The molecule has 0 saturated carbocycles. The van der Waals surface area contributed by atoms with E-state index in [1.54, 1.807) is 28.7 Å². The third kappa shape index (κ3) is 4.09. The highest BCUT2D eigenvalue weighted by Crippen LogP contribution is 2.39. The Bertz CT molecular complexity index is 1590. The summed E-state index contributed by atoms with van der Waals surface area (Å²) in [5, 5.41) is 16.1. The summed E-state index contributed by atoms with van der Waals surface area (Å²) in [6.45, 7) is 4.51. The molecule has 202 valence electrons. The van der Waals surface area contributed by atoms with Crippen molar-refractivity contribution >= 4 is 29.0 Å². The number of carbonyl (C=O) groups is 2. The minimum absolute atomic E-state index is 0.0713. The van der Waals surface area contributed by atoms with Gasteiger partial charge in [0.1, 0.15) is 6.61 Å². The van der Waals surface area contributed by atoms with Crippen molar-refractivity contribution in [1.82, 2.24) is 19.4 Å². The average molecular weight is 532 g/mol. The van der Waals surface area contributed by atoms with E-state index in [0.29, 0.717) is 30.0 Å². The van der Waals surface area contributed by atoms with Crippen LogP contribution in [0.25, 0.3) is 22.3 Å². The van der Waals surface area contributed by atoms with E-state index < -0.39 is 11.6 Å². The number of nitrogens with zero attached hydrogens (tertiary/aromatic N) is 5. The maximum absolute atomic E-state index is 13.5. The molecule has 3 aliphatic heterocycles. The minimum Gasteiger partial charge on any atom is -0.458 e. The number of rotatable bonds is 5. The van der Waals surface area contributed by atoms with E-state index >= 15 is 0 Å². The van der Waals surface area contributed by atoms with Crippen molar-refractivity contribution in [3.63, 3.8) is 0 Å². The lowest BCUT2D eigenvalue weighted by molar-refractivity contribution is -0.172. The average Bonchev–Trinajstić information content (AvgIpc) is 3.31. The van der Waals surface area contributed by atoms with Crippen LogP contribution in [0.5, 0.6) is 0 Å². The van der Waals surface area contributed by atoms with Crippen molar-refractivity contribution in [3.05, 3.63) is 62.9 Å². The van der Waals surface area contributed by atoms with Crippen LogP contribution in [0.2, 0.25) is 0 Å². The Balaban J connectivity index is 1.36. The fourth-order valence-electron chi connectivity index (χ4n) is 5.54. The second-order valence-electron chi connectivity index (χ2n) is 10.2. The molecular weight excluding hydrogens is 502 g/mol. The van der Waals surface area contributed by atoms with Crippen LogP contribution in [0.3, 0.4) is 0 Å². The number of ether oxygens (including phenoxy) is 1. The van der Waals surface area contributed by atoms with E-state index in [2.05, 4.69) is 10.1 Å². The van der Waals surface area contributed by atoms with Crippen LogP contribution in [0.1, 0.15) is 35.6 Å². The number of aromatic nitrogens is 2. The van der Waals surface area contributed by atoms with E-state index in [4.69, 9.17) is 14.6 Å². The number of carbonyl (C=O) groups excluding carboxylic acids is 2. The zero-order valence-electron chi connectivity index (χ0n) is 21.8. The number of oxime groups is 1. The number of para-hydroxylation sites is 1. The number of hydrogen-bond acceptors (Lipinski definition) is 9. The molecule has 1 aromatic carbocycles. The molecule has 0 aliphatic carbocycles. The van der Waals surface area contributed by atoms with Crippen LogP contribution in [0, 0.1) is 0 Å². The molecule has 3 aliphatic rings. The molecule has 6 rings (SSSR count). The fraction of sp³-hybridized carbons (Fsp3) is 0.393. The number of cyclic esters (lactones) is 1. The van der Waals surface area contributed by atoms with Gasteiger partial charge in [0.25, 0.3) is 11.5 Å². The van der Waals surface area contributed by atoms with Crippen LogP contribution >= 0.6 is 0 Å². The Morgan fingerprint density at radius 1 is 1.21 bits per heavy atom. The van der Waals surface area contributed by atoms with Crippen LogP contribution in [-0.4, -0.2) is 82.4 Å². The number of piperazine rings is 1. The number of aliphatic hydroxyl groups is 1. The number of likely N-dealkylation sites (N-methyl/N-ethyl adjacent to an activating group) is 1. The summed E-state index contributed by atoms with van der Waals surface area (Å²) in [4.78, 5) is 52.7. The Labute approximate surface area is 224 Å². The van der Waals surface area contributed by atoms with Gasteiger partial charge >= 0.3 is 5.97 Å². The van der Waals surface area contributed by atoms with E-state index in [1.165, 1.54) is 0 Å². The van der Waals surface area contributed by atoms with Crippen molar-refractivity contribution in [2.24, 2.45) is 5.16 Å². The van der Waals surface area contributed by atoms with Crippen LogP contribution < -0.4 is 5.56 Å². The summed E-state index contributed by atoms with van der Waals surface area (Å²) in [5.41, 5.74) is 1.57. The molecule has 1 amide bonds. The first-order valence-corrected chi connectivity index (χ1v) is 13.0. The zero-order valence-corrected chi connectivity index (χ0v) is 21.8. The van der Waals surface area contributed by atoms with Gasteiger partial charge in [0, 0.05) is 48.3 Å². The van der Waals surface area contributed by atoms with E-state index in [9.17, 15) is 19.5 Å². The predicted molar refractivity (Wildman–Crippen MR) is 142 cm³/mol. The lowest BCUT2D eigenvalue weighted by Crippen LogP contribution is -2.48. The molecule has 0 bridgehead atoms. The first-order valence-electron chi connectivity index (χ1n) is 13.0. The highest BCUT2D eigenvalue weighted by molar-refractivity contribution is 6.02. The van der Waals surface area contributed by atoms with Crippen molar-refractivity contribution in [3.8, 4) is 11.4 Å². The molecule has 5 heterocycles. The molecule has 0 spiro atoms. The van der Waals surface area contributed by atoms with Gasteiger partial charge < -0.3 is 29.0 Å². The van der Waals surface area contributed by atoms with Crippen LogP contribution in [0.4, 0.5) is 0 Å². The predicted octanol–water partition coefficient (Wildman–Crippen LogP) is 1.20. The molecule has 11 nitrogen and oxygen atoms in total. The third-order valence-corrected chi connectivity index (χ3v) is 7.94. The van der Waals surface area contributed by atoms with Gasteiger partial charge in [-0.05, 0) is 25.6 Å². The Morgan fingerprint density at radius 3 is 2.74 bits per heavy atom. The summed E-state index contributed by atoms with van der Waals surface area (Å²) in [7, 11) is 2.03. The summed E-state index contributed by atoms with van der Waals surface area (Å²) >= 11 is 0. The standard InChI is InChI=1S/C28H29N5O6/c1-3-28(37)21-12-23-25-19(14-33(23)26(35)20(21)15-38-27(28)36)18(17-6-4-5-7-22(17)30-25)13-29-39-16-24(34)32-10-8-31(2)9-11-32/h4-7,12-13,37H,3,8-11,14-16H2,1-2H3/b29-13+/t28-/m0/s1. The van der Waals surface area contributed by atoms with Crippen molar-refractivity contribution < 1.29 is 24.3 Å². The largest absolute Gasteiger partial charge is 0.458 e. The van der Waals surface area contributed by atoms with Gasteiger partial charge in [-0.1, -0.05) is 30.3 Å². The summed E-state index contributed by atoms with van der Waals surface area (Å²) in [6, 6.07) is 9.22. The fourth-order valence-corrected chi connectivity index (χ4v) is 5.54. The smallest absolute Gasteiger partial charge is 0.343 e. The molecule has 1 saturated heterocycles. The van der Waals surface area contributed by atoms with Gasteiger partial charge in [-0.25, -0.2) is 9.78 Å². The molecule has 1 atom stereocenters. The molecule has 1 fully saturated rings.